The van der Waals surface area contributed by atoms with Crippen LogP contribution in [0.15, 0.2) is 29.6 Å². The molecule has 2 aromatic rings. The summed E-state index contributed by atoms with van der Waals surface area (Å²) < 4.78 is 1.83. The molecule has 1 saturated carbocycles. The predicted octanol–water partition coefficient (Wildman–Crippen LogP) is 2.11. The number of guanidine groups is 1. The van der Waals surface area contributed by atoms with Crippen molar-refractivity contribution in [2.75, 3.05) is 24.1 Å². The lowest BCUT2D eigenvalue weighted by Gasteiger charge is -2.21. The van der Waals surface area contributed by atoms with Crippen molar-refractivity contribution in [2.45, 2.75) is 6.42 Å². The zero-order chi connectivity index (χ0) is 21.6. The molecule has 1 aromatic carbocycles. The Bertz CT molecular complexity index is 1030. The number of aromatic nitrogens is 2. The highest BCUT2D eigenvalue weighted by Crippen LogP contribution is 2.50. The molecule has 158 valence electrons. The Morgan fingerprint density at radius 2 is 2.00 bits per heavy atom. The molecule has 0 bridgehead atoms. The monoisotopic (exact) mass is 450 g/mol. The van der Waals surface area contributed by atoms with Gasteiger partial charge in [0.2, 0.25) is 11.9 Å². The summed E-state index contributed by atoms with van der Waals surface area (Å²) in [5.74, 6) is -2.62. The minimum atomic E-state index is -0.976. The van der Waals surface area contributed by atoms with Gasteiger partial charge in [-0.15, -0.1) is 0 Å². The van der Waals surface area contributed by atoms with E-state index in [1.54, 1.807) is 24.7 Å². The molecule has 2 heterocycles. The van der Waals surface area contributed by atoms with Gasteiger partial charge in [-0.2, -0.15) is 0 Å². The van der Waals surface area contributed by atoms with E-state index in [0.717, 1.165) is 5.69 Å². The number of nitrogen functional groups attached to an aromatic ring is 1. The van der Waals surface area contributed by atoms with Crippen molar-refractivity contribution in [3.63, 3.8) is 0 Å². The molecule has 1 aliphatic heterocycles. The van der Waals surface area contributed by atoms with Gasteiger partial charge < -0.3 is 20.7 Å². The van der Waals surface area contributed by atoms with Gasteiger partial charge in [0.15, 0.2) is 0 Å². The average Bonchev–Trinajstić information content (AvgIpc) is 2.96. The van der Waals surface area contributed by atoms with Gasteiger partial charge in [0.05, 0.1) is 40.4 Å². The Hall–Kier alpha value is -2.78. The van der Waals surface area contributed by atoms with Crippen LogP contribution in [0.2, 0.25) is 10.0 Å². The first-order valence-corrected chi connectivity index (χ1v) is 10.1. The van der Waals surface area contributed by atoms with Crippen molar-refractivity contribution in [2.24, 2.45) is 29.8 Å². The van der Waals surface area contributed by atoms with Gasteiger partial charge in [-0.3, -0.25) is 19.5 Å². The molecular weight excluding hydrogens is 431 g/mol. The third-order valence-electron chi connectivity index (χ3n) is 5.51. The number of carbonyl (C=O) groups is 2. The van der Waals surface area contributed by atoms with E-state index in [4.69, 9.17) is 28.9 Å². The number of anilines is 2. The molecule has 4 N–H and O–H groups in total. The Morgan fingerprint density at radius 3 is 2.60 bits per heavy atom. The van der Waals surface area contributed by atoms with Gasteiger partial charge in [0.1, 0.15) is 0 Å². The number of hydrogen-bond acceptors (Lipinski definition) is 6. The highest BCUT2D eigenvalue weighted by Gasteiger charge is 2.60. The summed E-state index contributed by atoms with van der Waals surface area (Å²) in [5.41, 5.74) is 7.42. The molecule has 30 heavy (non-hydrogen) atoms. The summed E-state index contributed by atoms with van der Waals surface area (Å²) >= 11 is 12.5. The number of carboxylic acid groups (broad SMARTS) is 1. The number of aryl methyl sites for hydroxylation is 1. The number of carbonyl (C=O) groups excluding carboxylic acids is 1. The van der Waals surface area contributed by atoms with Crippen molar-refractivity contribution in [3.05, 3.63) is 40.4 Å². The Kier molecular flexibility index (Phi) is 5.33. The molecule has 1 amide bonds. The number of rotatable bonds is 5. The van der Waals surface area contributed by atoms with Crippen molar-refractivity contribution in [1.29, 1.82) is 0 Å². The van der Waals surface area contributed by atoms with Crippen LogP contribution in [0.3, 0.4) is 0 Å². The number of carboxylic acids is 1. The van der Waals surface area contributed by atoms with Crippen LogP contribution in [0.4, 0.5) is 11.4 Å². The first-order valence-electron chi connectivity index (χ1n) is 9.33. The van der Waals surface area contributed by atoms with E-state index in [2.05, 4.69) is 15.3 Å². The molecule has 1 fully saturated rings. The smallest absolute Gasteiger partial charge is 0.307 e. The van der Waals surface area contributed by atoms with Gasteiger partial charge in [-0.1, -0.05) is 23.2 Å². The lowest BCUT2D eigenvalue weighted by molar-refractivity contribution is -0.141. The molecule has 2 aliphatic rings. The van der Waals surface area contributed by atoms with E-state index in [1.165, 1.54) is 4.90 Å². The van der Waals surface area contributed by atoms with E-state index in [9.17, 15) is 14.7 Å². The van der Waals surface area contributed by atoms with Crippen LogP contribution >= 0.6 is 23.2 Å². The maximum atomic E-state index is 13.2. The minimum absolute atomic E-state index is 0.277. The van der Waals surface area contributed by atoms with Crippen molar-refractivity contribution < 1.29 is 14.7 Å². The minimum Gasteiger partial charge on any atom is -0.481 e. The fourth-order valence-corrected chi connectivity index (χ4v) is 4.50. The number of nitrogens with zero attached hydrogens (tertiary/aromatic N) is 4. The summed E-state index contributed by atoms with van der Waals surface area (Å²) in [6.07, 6.45) is 3.81. The van der Waals surface area contributed by atoms with Gasteiger partial charge in [-0.25, -0.2) is 4.98 Å². The van der Waals surface area contributed by atoms with E-state index < -0.39 is 17.8 Å². The normalized spacial score (nSPS) is 22.7. The third-order valence-corrected chi connectivity index (χ3v) is 6.10. The lowest BCUT2D eigenvalue weighted by atomic mass is 10.2. The Labute approximate surface area is 182 Å². The van der Waals surface area contributed by atoms with Crippen LogP contribution in [0, 0.1) is 17.8 Å². The number of halogens is 2. The summed E-state index contributed by atoms with van der Waals surface area (Å²) in [6, 6.07) is 3.09. The number of imidazole rings is 1. The number of aliphatic imine (C=N–C) groups is 1. The molecular formula is C19H20Cl2N6O3. The second-order valence-corrected chi connectivity index (χ2v) is 8.25. The average molecular weight is 451 g/mol. The molecule has 0 saturated heterocycles. The summed E-state index contributed by atoms with van der Waals surface area (Å²) in [7, 11) is 1.84. The lowest BCUT2D eigenvalue weighted by Crippen LogP contribution is -2.40. The first-order chi connectivity index (χ1) is 14.3. The van der Waals surface area contributed by atoms with E-state index in [-0.39, 0.29) is 11.8 Å². The molecule has 3 atom stereocenters. The zero-order valence-electron chi connectivity index (χ0n) is 16.0. The number of hydrogen-bond donors (Lipinski definition) is 3. The van der Waals surface area contributed by atoms with Gasteiger partial charge in [0.25, 0.3) is 0 Å². The quantitative estimate of drug-likeness (QED) is 0.598. The van der Waals surface area contributed by atoms with Crippen LogP contribution in [0.5, 0.6) is 0 Å². The standard InChI is InChI=1S/C19H20Cl2N6O3/c1-26-8-23-7-10(26)6-11-14(15(11)18(29)30)17(28)27-3-2-24-19(27)25-16-12(20)4-9(22)5-13(16)21/h4-5,7-8,11,14-15H,2-3,6,22H2,1H3,(H,24,25)(H,29,30). The molecule has 3 unspecified atom stereocenters. The van der Waals surface area contributed by atoms with Crippen LogP contribution < -0.4 is 11.1 Å². The fraction of sp³-hybridized carbons (Fsp3) is 0.368. The zero-order valence-corrected chi connectivity index (χ0v) is 17.6. The summed E-state index contributed by atoms with van der Waals surface area (Å²) in [6.45, 7) is 0.752. The number of nitrogens with one attached hydrogen (secondary N) is 1. The summed E-state index contributed by atoms with van der Waals surface area (Å²) in [5, 5.41) is 13.2. The van der Waals surface area contributed by atoms with Gasteiger partial charge in [0, 0.05) is 31.2 Å². The maximum absolute atomic E-state index is 13.2. The number of amides is 1. The number of aliphatic carboxylic acids is 1. The second kappa shape index (κ2) is 7.81. The number of benzene rings is 1. The van der Waals surface area contributed by atoms with E-state index in [0.29, 0.717) is 46.9 Å². The first kappa shape index (κ1) is 20.5. The van der Waals surface area contributed by atoms with E-state index >= 15 is 0 Å². The van der Waals surface area contributed by atoms with Gasteiger partial charge >= 0.3 is 5.97 Å². The SMILES string of the molecule is Cn1cncc1CC1C(C(=O)O)C1C(=O)N1CCN=C1Nc1c(Cl)cc(N)cc1Cl. The highest BCUT2D eigenvalue weighted by atomic mass is 35.5. The molecule has 4 rings (SSSR count). The largest absolute Gasteiger partial charge is 0.481 e. The van der Waals surface area contributed by atoms with Crippen LogP contribution in [-0.2, 0) is 23.1 Å². The molecule has 9 nitrogen and oxygen atoms in total. The van der Waals surface area contributed by atoms with E-state index in [1.807, 2.05) is 11.6 Å². The second-order valence-electron chi connectivity index (χ2n) is 7.43. The summed E-state index contributed by atoms with van der Waals surface area (Å²) in [4.78, 5) is 34.8. The van der Waals surface area contributed by atoms with Crippen LogP contribution in [0.25, 0.3) is 0 Å². The van der Waals surface area contributed by atoms with Crippen LogP contribution in [0.1, 0.15) is 5.69 Å². The highest BCUT2D eigenvalue weighted by molar-refractivity contribution is 6.40. The molecule has 0 spiro atoms. The van der Waals surface area contributed by atoms with Crippen LogP contribution in [-0.4, -0.2) is 50.5 Å². The van der Waals surface area contributed by atoms with Crippen molar-refractivity contribution in [3.8, 4) is 0 Å². The predicted molar refractivity (Wildman–Crippen MR) is 114 cm³/mol. The Balaban J connectivity index is 1.52. The number of nitrogens with two attached hydrogens (primary N) is 1. The third kappa shape index (κ3) is 3.70. The van der Waals surface area contributed by atoms with Gasteiger partial charge in [-0.05, 0) is 24.5 Å². The molecule has 1 aliphatic carbocycles. The van der Waals surface area contributed by atoms with Crippen molar-refractivity contribution >= 4 is 52.4 Å². The topological polar surface area (TPSA) is 126 Å². The Morgan fingerprint density at radius 1 is 1.30 bits per heavy atom. The molecule has 0 radical (unpaired) electrons. The fourth-order valence-electron chi connectivity index (χ4n) is 3.90. The maximum Gasteiger partial charge on any atom is 0.307 e. The van der Waals surface area contributed by atoms with Crippen molar-refractivity contribution in [1.82, 2.24) is 14.5 Å². The molecule has 1 aromatic heterocycles. The molecule has 11 heteroatoms.